The van der Waals surface area contributed by atoms with Crippen LogP contribution in [-0.2, 0) is 4.79 Å². The van der Waals surface area contributed by atoms with E-state index in [1.807, 2.05) is 0 Å². The summed E-state index contributed by atoms with van der Waals surface area (Å²) in [4.78, 5) is 12.4. The third-order valence-corrected chi connectivity index (χ3v) is 9.21. The molecule has 3 atom stereocenters. The first-order valence-electron chi connectivity index (χ1n) is 19.3. The lowest BCUT2D eigenvalue weighted by Crippen LogP contribution is -2.50. The van der Waals surface area contributed by atoms with Gasteiger partial charge in [-0.05, 0) is 12.8 Å². The quantitative estimate of drug-likeness (QED) is 0.0537. The number of nitrogens with one attached hydrogen (secondary N) is 1. The molecule has 43 heavy (non-hydrogen) atoms. The van der Waals surface area contributed by atoms with Crippen LogP contribution in [0.4, 0.5) is 0 Å². The molecule has 0 spiro atoms. The zero-order chi connectivity index (χ0) is 31.6. The van der Waals surface area contributed by atoms with E-state index in [4.69, 9.17) is 0 Å². The molecule has 0 aromatic rings. The van der Waals surface area contributed by atoms with Crippen molar-refractivity contribution in [3.8, 4) is 0 Å². The highest BCUT2D eigenvalue weighted by Crippen LogP contribution is 2.16. The largest absolute Gasteiger partial charge is 0.394 e. The molecule has 0 aromatic heterocycles. The fraction of sp³-hybridized carbons (Fsp3) is 0.974. The van der Waals surface area contributed by atoms with E-state index in [1.165, 1.54) is 148 Å². The van der Waals surface area contributed by atoms with Gasteiger partial charge in [-0.15, -0.1) is 0 Å². The number of amides is 1. The molecule has 0 radical (unpaired) electrons. The van der Waals surface area contributed by atoms with Crippen molar-refractivity contribution < 1.29 is 20.1 Å². The highest BCUT2D eigenvalue weighted by molar-refractivity contribution is 5.76. The van der Waals surface area contributed by atoms with E-state index in [1.54, 1.807) is 0 Å². The van der Waals surface area contributed by atoms with E-state index in [-0.39, 0.29) is 12.5 Å². The first kappa shape index (κ1) is 42.3. The minimum atomic E-state index is -1.13. The standard InChI is InChI=1S/C38H77NO4/c1-3-5-7-9-11-13-15-17-18-19-20-21-23-25-27-29-31-33-37(42)39-35(34-40)38(43)36(41)32-30-28-26-24-22-16-14-12-10-8-6-4-2/h35-36,38,40-41,43H,3-34H2,1-2H3,(H,39,42)/t35-,36+,38-/m0/s1. The van der Waals surface area contributed by atoms with Gasteiger partial charge in [0.1, 0.15) is 6.10 Å². The van der Waals surface area contributed by atoms with Crippen LogP contribution in [0.3, 0.4) is 0 Å². The number of aliphatic hydroxyl groups excluding tert-OH is 3. The van der Waals surface area contributed by atoms with Crippen molar-refractivity contribution in [2.45, 2.75) is 231 Å². The molecule has 0 aliphatic carbocycles. The second-order valence-electron chi connectivity index (χ2n) is 13.5. The van der Waals surface area contributed by atoms with Gasteiger partial charge in [-0.2, -0.15) is 0 Å². The second kappa shape index (κ2) is 34.2. The molecule has 0 saturated heterocycles. The SMILES string of the molecule is CCCCCCCCCCCCCCCCCCCC(=O)N[C@@H](CO)[C@H](O)[C@H](O)CCCCCCCCCCCCCC. The van der Waals surface area contributed by atoms with Crippen LogP contribution < -0.4 is 5.32 Å². The van der Waals surface area contributed by atoms with E-state index in [0.717, 1.165) is 38.5 Å². The molecule has 0 saturated carbocycles. The van der Waals surface area contributed by atoms with Gasteiger partial charge in [0.15, 0.2) is 0 Å². The van der Waals surface area contributed by atoms with E-state index in [0.29, 0.717) is 12.8 Å². The summed E-state index contributed by atoms with van der Waals surface area (Å²) in [5.74, 6) is -0.142. The van der Waals surface area contributed by atoms with Crippen LogP contribution in [0.2, 0.25) is 0 Å². The topological polar surface area (TPSA) is 89.8 Å². The molecule has 5 nitrogen and oxygen atoms in total. The van der Waals surface area contributed by atoms with E-state index in [2.05, 4.69) is 19.2 Å². The van der Waals surface area contributed by atoms with Crippen LogP contribution in [0, 0.1) is 0 Å². The lowest BCUT2D eigenvalue weighted by atomic mass is 9.99. The number of carbonyl (C=O) groups excluding carboxylic acids is 1. The van der Waals surface area contributed by atoms with Crippen molar-refractivity contribution in [2.24, 2.45) is 0 Å². The van der Waals surface area contributed by atoms with Crippen LogP contribution in [0.15, 0.2) is 0 Å². The van der Waals surface area contributed by atoms with Crippen molar-refractivity contribution in [3.63, 3.8) is 0 Å². The molecule has 0 fully saturated rings. The van der Waals surface area contributed by atoms with Gasteiger partial charge in [0.2, 0.25) is 5.91 Å². The third kappa shape index (κ3) is 29.8. The number of aliphatic hydroxyl groups is 3. The molecule has 4 N–H and O–H groups in total. The molecule has 0 aliphatic heterocycles. The van der Waals surface area contributed by atoms with Crippen molar-refractivity contribution in [2.75, 3.05) is 6.61 Å². The first-order chi connectivity index (χ1) is 21.1. The average molecular weight is 612 g/mol. The Morgan fingerprint density at radius 2 is 0.791 bits per heavy atom. The monoisotopic (exact) mass is 612 g/mol. The minimum absolute atomic E-state index is 0.142. The Bertz CT molecular complexity index is 558. The molecule has 0 bridgehead atoms. The predicted molar refractivity (Wildman–Crippen MR) is 186 cm³/mol. The number of hydrogen-bond donors (Lipinski definition) is 4. The first-order valence-corrected chi connectivity index (χ1v) is 19.3. The fourth-order valence-corrected chi connectivity index (χ4v) is 6.16. The Morgan fingerprint density at radius 3 is 1.12 bits per heavy atom. The summed E-state index contributed by atoms with van der Waals surface area (Å²) in [6.07, 6.45) is 36.2. The van der Waals surface area contributed by atoms with Gasteiger partial charge in [-0.1, -0.05) is 194 Å². The fourth-order valence-electron chi connectivity index (χ4n) is 6.16. The Labute approximate surface area is 268 Å². The minimum Gasteiger partial charge on any atom is -0.394 e. The van der Waals surface area contributed by atoms with Crippen molar-refractivity contribution in [1.29, 1.82) is 0 Å². The zero-order valence-electron chi connectivity index (χ0n) is 29.1. The molecule has 258 valence electrons. The number of unbranched alkanes of at least 4 members (excludes halogenated alkanes) is 27. The molecule has 0 unspecified atom stereocenters. The summed E-state index contributed by atoms with van der Waals surface area (Å²) in [6.45, 7) is 4.17. The maximum absolute atomic E-state index is 12.4. The molecule has 0 rings (SSSR count). The van der Waals surface area contributed by atoms with Gasteiger partial charge in [0.05, 0.1) is 18.8 Å². The maximum atomic E-state index is 12.4. The molecular weight excluding hydrogens is 534 g/mol. The van der Waals surface area contributed by atoms with Crippen LogP contribution in [0.1, 0.15) is 213 Å². The van der Waals surface area contributed by atoms with Gasteiger partial charge < -0.3 is 20.6 Å². The molecular formula is C38H77NO4. The average Bonchev–Trinajstić information content (AvgIpc) is 3.01. The Hall–Kier alpha value is -0.650. The van der Waals surface area contributed by atoms with Crippen LogP contribution >= 0.6 is 0 Å². The summed E-state index contributed by atoms with van der Waals surface area (Å²) < 4.78 is 0. The van der Waals surface area contributed by atoms with E-state index in [9.17, 15) is 20.1 Å². The van der Waals surface area contributed by atoms with Crippen molar-refractivity contribution in [1.82, 2.24) is 5.32 Å². The molecule has 0 heterocycles. The molecule has 0 aliphatic rings. The zero-order valence-corrected chi connectivity index (χ0v) is 29.1. The van der Waals surface area contributed by atoms with Gasteiger partial charge in [0.25, 0.3) is 0 Å². The van der Waals surface area contributed by atoms with Gasteiger partial charge in [-0.3, -0.25) is 4.79 Å². The maximum Gasteiger partial charge on any atom is 0.220 e. The summed E-state index contributed by atoms with van der Waals surface area (Å²) in [5, 5.41) is 33.4. The van der Waals surface area contributed by atoms with Crippen molar-refractivity contribution >= 4 is 5.91 Å². The summed E-state index contributed by atoms with van der Waals surface area (Å²) >= 11 is 0. The van der Waals surface area contributed by atoms with E-state index >= 15 is 0 Å². The van der Waals surface area contributed by atoms with Gasteiger partial charge in [-0.25, -0.2) is 0 Å². The van der Waals surface area contributed by atoms with Crippen LogP contribution in [-0.4, -0.2) is 46.1 Å². The van der Waals surface area contributed by atoms with E-state index < -0.39 is 18.2 Å². The number of hydrogen-bond acceptors (Lipinski definition) is 4. The highest BCUT2D eigenvalue weighted by atomic mass is 16.3. The molecule has 1 amide bonds. The van der Waals surface area contributed by atoms with Gasteiger partial charge >= 0.3 is 0 Å². The lowest BCUT2D eigenvalue weighted by molar-refractivity contribution is -0.124. The Kier molecular flexibility index (Phi) is 33.7. The molecule has 5 heteroatoms. The normalized spacial score (nSPS) is 13.7. The number of carbonyl (C=O) groups is 1. The summed E-state index contributed by atoms with van der Waals surface area (Å²) in [7, 11) is 0. The predicted octanol–water partition coefficient (Wildman–Crippen LogP) is 10.3. The van der Waals surface area contributed by atoms with Crippen LogP contribution in [0.5, 0.6) is 0 Å². The summed E-state index contributed by atoms with van der Waals surface area (Å²) in [5.41, 5.74) is 0. The van der Waals surface area contributed by atoms with Crippen LogP contribution in [0.25, 0.3) is 0 Å². The third-order valence-electron chi connectivity index (χ3n) is 9.21. The Balaban J connectivity index is 3.62. The van der Waals surface area contributed by atoms with Crippen molar-refractivity contribution in [3.05, 3.63) is 0 Å². The summed E-state index contributed by atoms with van der Waals surface area (Å²) in [6, 6.07) is -0.800. The second-order valence-corrected chi connectivity index (χ2v) is 13.5. The lowest BCUT2D eigenvalue weighted by Gasteiger charge is -2.26. The smallest absolute Gasteiger partial charge is 0.220 e. The molecule has 0 aromatic carbocycles. The highest BCUT2D eigenvalue weighted by Gasteiger charge is 2.26. The Morgan fingerprint density at radius 1 is 0.488 bits per heavy atom. The number of rotatable bonds is 35. The van der Waals surface area contributed by atoms with Gasteiger partial charge in [0, 0.05) is 6.42 Å².